The summed E-state index contributed by atoms with van der Waals surface area (Å²) in [4.78, 5) is 0. The van der Waals surface area contributed by atoms with Gasteiger partial charge in [0.25, 0.3) is 0 Å². The quantitative estimate of drug-likeness (QED) is 0.824. The van der Waals surface area contributed by atoms with Gasteiger partial charge in [0.15, 0.2) is 0 Å². The molecule has 0 unspecified atom stereocenters. The van der Waals surface area contributed by atoms with E-state index in [0.29, 0.717) is 6.42 Å². The first-order valence-corrected chi connectivity index (χ1v) is 9.50. The molecule has 5 heteroatoms. The van der Waals surface area contributed by atoms with Crippen molar-refractivity contribution in [1.82, 2.24) is 4.72 Å². The molecule has 0 fully saturated rings. The summed E-state index contributed by atoms with van der Waals surface area (Å²) >= 11 is 3.36. The second kappa shape index (κ2) is 6.94. The van der Waals surface area contributed by atoms with Crippen LogP contribution in [0.3, 0.4) is 0 Å². The fourth-order valence-corrected chi connectivity index (χ4v) is 4.50. The van der Waals surface area contributed by atoms with Gasteiger partial charge in [-0.1, -0.05) is 58.4 Å². The van der Waals surface area contributed by atoms with Gasteiger partial charge in [0.2, 0.25) is 10.0 Å². The van der Waals surface area contributed by atoms with Crippen LogP contribution in [0.2, 0.25) is 0 Å². The predicted octanol–water partition coefficient (Wildman–Crippen LogP) is 3.89. The molecule has 0 saturated carbocycles. The maximum Gasteiger partial charge on any atom is 0.216 e. The van der Waals surface area contributed by atoms with Crippen LogP contribution in [0, 0.1) is 0 Å². The Kier molecular flexibility index (Phi) is 5.42. The Labute approximate surface area is 140 Å². The molecule has 0 aromatic heterocycles. The van der Waals surface area contributed by atoms with Crippen molar-refractivity contribution in [3.05, 3.63) is 70.2 Å². The summed E-state index contributed by atoms with van der Waals surface area (Å²) in [5.41, 5.74) is 1.33. The van der Waals surface area contributed by atoms with Crippen molar-refractivity contribution in [2.75, 3.05) is 0 Å². The monoisotopic (exact) mass is 381 g/mol. The van der Waals surface area contributed by atoms with Crippen molar-refractivity contribution in [2.24, 2.45) is 0 Å². The Hall–Kier alpha value is -1.17. The van der Waals surface area contributed by atoms with Crippen LogP contribution in [0.1, 0.15) is 25.0 Å². The molecule has 3 nitrogen and oxygen atoms in total. The Morgan fingerprint density at radius 2 is 1.64 bits per heavy atom. The van der Waals surface area contributed by atoms with Crippen molar-refractivity contribution in [1.29, 1.82) is 0 Å². The van der Waals surface area contributed by atoms with E-state index in [0.717, 1.165) is 15.6 Å². The van der Waals surface area contributed by atoms with Crippen molar-refractivity contribution in [3.8, 4) is 0 Å². The van der Waals surface area contributed by atoms with E-state index in [1.165, 1.54) is 0 Å². The molecular formula is C17H20BrNO2S. The molecule has 0 amide bonds. The minimum atomic E-state index is -3.40. The molecule has 0 aliphatic rings. The minimum Gasteiger partial charge on any atom is -0.212 e. The van der Waals surface area contributed by atoms with E-state index < -0.39 is 15.6 Å². The zero-order chi connectivity index (χ0) is 16.2. The van der Waals surface area contributed by atoms with Crippen molar-refractivity contribution in [3.63, 3.8) is 0 Å². The molecule has 0 heterocycles. The lowest BCUT2D eigenvalue weighted by Gasteiger charge is -2.26. The van der Waals surface area contributed by atoms with Crippen molar-refractivity contribution in [2.45, 2.75) is 31.6 Å². The molecule has 0 saturated heterocycles. The number of nitrogens with one attached hydrogen (secondary N) is 1. The number of halogens is 1. The predicted molar refractivity (Wildman–Crippen MR) is 94.1 cm³/mol. The lowest BCUT2D eigenvalue weighted by molar-refractivity contribution is 0.450. The highest BCUT2D eigenvalue weighted by Gasteiger charge is 2.25. The van der Waals surface area contributed by atoms with E-state index in [4.69, 9.17) is 0 Å². The first-order chi connectivity index (χ1) is 10.3. The maximum atomic E-state index is 12.4. The van der Waals surface area contributed by atoms with Crippen LogP contribution >= 0.6 is 15.9 Å². The summed E-state index contributed by atoms with van der Waals surface area (Å²) in [5, 5.41) is 0. The van der Waals surface area contributed by atoms with Crippen molar-refractivity contribution < 1.29 is 8.42 Å². The summed E-state index contributed by atoms with van der Waals surface area (Å²) in [5.74, 6) is -0.0232. The van der Waals surface area contributed by atoms with E-state index in [9.17, 15) is 8.42 Å². The standard InChI is InChI=1S/C17H20BrNO2S/c1-17(2,12-14-7-4-3-5-8-14)19-22(20,21)13-15-9-6-10-16(18)11-15/h3-11,19H,12-13H2,1-2H3. The van der Waals surface area contributed by atoms with Crippen molar-refractivity contribution >= 4 is 26.0 Å². The number of rotatable bonds is 6. The van der Waals surface area contributed by atoms with Crippen LogP contribution in [0.15, 0.2) is 59.1 Å². The summed E-state index contributed by atoms with van der Waals surface area (Å²) in [6.07, 6.45) is 0.644. The van der Waals surface area contributed by atoms with Gasteiger partial charge in [0.1, 0.15) is 0 Å². The highest BCUT2D eigenvalue weighted by molar-refractivity contribution is 9.10. The van der Waals surface area contributed by atoms with Crippen LogP contribution in [0.4, 0.5) is 0 Å². The molecule has 22 heavy (non-hydrogen) atoms. The summed E-state index contributed by atoms with van der Waals surface area (Å²) in [7, 11) is -3.40. The summed E-state index contributed by atoms with van der Waals surface area (Å²) in [6.45, 7) is 3.80. The van der Waals surface area contributed by atoms with Crippen LogP contribution < -0.4 is 4.72 Å². The fraction of sp³-hybridized carbons (Fsp3) is 0.294. The second-order valence-corrected chi connectivity index (χ2v) is 8.68. The third-order valence-electron chi connectivity index (χ3n) is 3.17. The van der Waals surface area contributed by atoms with E-state index in [2.05, 4.69) is 20.7 Å². The lowest BCUT2D eigenvalue weighted by Crippen LogP contribution is -2.45. The number of sulfonamides is 1. The van der Waals surface area contributed by atoms with Gasteiger partial charge >= 0.3 is 0 Å². The Morgan fingerprint density at radius 3 is 2.27 bits per heavy atom. The lowest BCUT2D eigenvalue weighted by atomic mass is 9.96. The largest absolute Gasteiger partial charge is 0.216 e. The van der Waals surface area contributed by atoms with Gasteiger partial charge < -0.3 is 0 Å². The van der Waals surface area contributed by atoms with Gasteiger partial charge in [-0.3, -0.25) is 0 Å². The van der Waals surface area contributed by atoms with Crippen LogP contribution in [0.25, 0.3) is 0 Å². The van der Waals surface area contributed by atoms with E-state index in [1.807, 2.05) is 68.4 Å². The van der Waals surface area contributed by atoms with Crippen LogP contribution in [-0.2, 0) is 22.2 Å². The van der Waals surface area contributed by atoms with E-state index >= 15 is 0 Å². The normalized spacial score (nSPS) is 12.3. The number of hydrogen-bond acceptors (Lipinski definition) is 2. The molecule has 118 valence electrons. The molecule has 0 radical (unpaired) electrons. The zero-order valence-electron chi connectivity index (χ0n) is 12.7. The van der Waals surface area contributed by atoms with Gasteiger partial charge in [0, 0.05) is 10.0 Å². The highest BCUT2D eigenvalue weighted by Crippen LogP contribution is 2.17. The van der Waals surface area contributed by atoms with Gasteiger partial charge in [-0.25, -0.2) is 13.1 Å². The number of benzene rings is 2. The minimum absolute atomic E-state index is 0.0232. The smallest absolute Gasteiger partial charge is 0.212 e. The van der Waals surface area contributed by atoms with Gasteiger partial charge in [-0.2, -0.15) is 0 Å². The van der Waals surface area contributed by atoms with Gasteiger partial charge in [-0.15, -0.1) is 0 Å². The first kappa shape index (κ1) is 17.2. The third kappa shape index (κ3) is 5.55. The SMILES string of the molecule is CC(C)(Cc1ccccc1)NS(=O)(=O)Cc1cccc(Br)c1. The van der Waals surface area contributed by atoms with E-state index in [1.54, 1.807) is 0 Å². The average molecular weight is 382 g/mol. The average Bonchev–Trinajstić information content (AvgIpc) is 2.36. The zero-order valence-corrected chi connectivity index (χ0v) is 15.1. The Morgan fingerprint density at radius 1 is 1.00 bits per heavy atom. The fourth-order valence-electron chi connectivity index (χ4n) is 2.45. The first-order valence-electron chi connectivity index (χ1n) is 7.06. The van der Waals surface area contributed by atoms with Gasteiger partial charge in [0.05, 0.1) is 5.75 Å². The Bertz CT molecular complexity index is 727. The molecule has 2 aromatic carbocycles. The molecular weight excluding hydrogens is 362 g/mol. The molecule has 0 bridgehead atoms. The molecule has 2 aromatic rings. The maximum absolute atomic E-state index is 12.4. The highest BCUT2D eigenvalue weighted by atomic mass is 79.9. The summed E-state index contributed by atoms with van der Waals surface area (Å²) in [6, 6.07) is 17.2. The second-order valence-electron chi connectivity index (χ2n) is 6.04. The molecule has 0 aliphatic heterocycles. The molecule has 0 spiro atoms. The Balaban J connectivity index is 2.07. The van der Waals surface area contributed by atoms with Crippen LogP contribution in [-0.4, -0.2) is 14.0 Å². The molecule has 1 N–H and O–H groups in total. The molecule has 0 atom stereocenters. The number of hydrogen-bond donors (Lipinski definition) is 1. The topological polar surface area (TPSA) is 46.2 Å². The molecule has 2 rings (SSSR count). The van der Waals surface area contributed by atoms with Gasteiger partial charge in [-0.05, 0) is 43.5 Å². The third-order valence-corrected chi connectivity index (χ3v) is 5.24. The summed E-state index contributed by atoms with van der Waals surface area (Å²) < 4.78 is 28.5. The molecule has 0 aliphatic carbocycles. The van der Waals surface area contributed by atoms with E-state index in [-0.39, 0.29) is 5.75 Å². The van der Waals surface area contributed by atoms with Crippen LogP contribution in [0.5, 0.6) is 0 Å².